The van der Waals surface area contributed by atoms with E-state index in [-0.39, 0.29) is 10.5 Å². The molecule has 1 atom stereocenters. The minimum Gasteiger partial charge on any atom is -0.467 e. The van der Waals surface area contributed by atoms with Crippen LogP contribution in [0.4, 0.5) is 0 Å². The van der Waals surface area contributed by atoms with Crippen molar-refractivity contribution >= 4 is 27.5 Å². The number of furan rings is 2. The molecule has 152 valence electrons. The van der Waals surface area contributed by atoms with Gasteiger partial charge in [0.25, 0.3) is 21.8 Å². The van der Waals surface area contributed by atoms with Gasteiger partial charge in [0.15, 0.2) is 0 Å². The number of hydrazone groups is 1. The predicted molar refractivity (Wildman–Crippen MR) is 103 cm³/mol. The summed E-state index contributed by atoms with van der Waals surface area (Å²) in [5.74, 6) is -0.391. The maximum Gasteiger partial charge on any atom is 0.269 e. The highest BCUT2D eigenvalue weighted by Crippen LogP contribution is 2.35. The molecule has 0 unspecified atom stereocenters. The van der Waals surface area contributed by atoms with E-state index in [0.717, 1.165) is 5.01 Å². The fourth-order valence-corrected chi connectivity index (χ4v) is 5.14. The minimum atomic E-state index is -4.10. The molecule has 10 heteroatoms. The summed E-state index contributed by atoms with van der Waals surface area (Å²) in [6, 6.07) is 12.1. The highest BCUT2D eigenvalue weighted by molar-refractivity contribution is 7.90. The predicted octanol–water partition coefficient (Wildman–Crippen LogP) is 2.40. The third kappa shape index (κ3) is 2.76. The summed E-state index contributed by atoms with van der Waals surface area (Å²) in [7, 11) is -4.10. The molecule has 9 nitrogen and oxygen atoms in total. The lowest BCUT2D eigenvalue weighted by Gasteiger charge is -2.22. The number of carbonyl (C=O) groups is 2. The van der Waals surface area contributed by atoms with Crippen molar-refractivity contribution in [1.29, 1.82) is 0 Å². The Kier molecular flexibility index (Phi) is 4.10. The van der Waals surface area contributed by atoms with Crippen molar-refractivity contribution < 1.29 is 26.8 Å². The van der Waals surface area contributed by atoms with E-state index in [1.165, 1.54) is 30.7 Å². The lowest BCUT2D eigenvalue weighted by Crippen LogP contribution is -2.41. The molecular formula is C20H15N3O6S. The molecule has 3 aromatic rings. The first kappa shape index (κ1) is 18.4. The number of amides is 2. The van der Waals surface area contributed by atoms with Gasteiger partial charge in [0.05, 0.1) is 18.1 Å². The fourth-order valence-electron chi connectivity index (χ4n) is 3.62. The van der Waals surface area contributed by atoms with Crippen molar-refractivity contribution in [3.8, 4) is 0 Å². The van der Waals surface area contributed by atoms with Gasteiger partial charge in [-0.1, -0.05) is 12.1 Å². The second-order valence-electron chi connectivity index (χ2n) is 6.81. The number of benzene rings is 1. The Hall–Kier alpha value is -3.66. The van der Waals surface area contributed by atoms with Crippen LogP contribution in [0.5, 0.6) is 0 Å². The molecule has 0 spiro atoms. The minimum absolute atomic E-state index is 0.0501. The zero-order valence-corrected chi connectivity index (χ0v) is 16.3. The molecule has 30 heavy (non-hydrogen) atoms. The van der Waals surface area contributed by atoms with E-state index in [1.54, 1.807) is 30.3 Å². The SMILES string of the molecule is O=C(CN1C(=O)c2ccccc2S1(=O)=O)N1N=C(c2ccco2)C[C@H]1c1ccco1. The molecule has 0 aliphatic carbocycles. The standard InChI is InChI=1S/C20H15N3O6S/c24-19(12-22-20(25)13-5-1-2-8-18(13)30(22,26)27)23-15(17-7-4-10-29-17)11-14(21-23)16-6-3-9-28-16/h1-10,15H,11-12H2/t15-/m0/s1. The van der Waals surface area contributed by atoms with E-state index in [9.17, 15) is 18.0 Å². The van der Waals surface area contributed by atoms with E-state index in [4.69, 9.17) is 8.83 Å². The van der Waals surface area contributed by atoms with Gasteiger partial charge in [-0.3, -0.25) is 9.59 Å². The van der Waals surface area contributed by atoms with Crippen molar-refractivity contribution in [2.45, 2.75) is 17.4 Å². The monoisotopic (exact) mass is 425 g/mol. The molecule has 4 heterocycles. The molecule has 2 aliphatic heterocycles. The highest BCUT2D eigenvalue weighted by Gasteiger charge is 2.44. The summed E-state index contributed by atoms with van der Waals surface area (Å²) in [5.41, 5.74) is 0.572. The molecule has 0 bridgehead atoms. The Morgan fingerprint density at radius 3 is 2.53 bits per heavy atom. The first-order valence-electron chi connectivity index (χ1n) is 9.10. The summed E-state index contributed by atoms with van der Waals surface area (Å²) in [5, 5.41) is 5.50. The summed E-state index contributed by atoms with van der Waals surface area (Å²) in [6.07, 6.45) is 3.30. The van der Waals surface area contributed by atoms with Gasteiger partial charge in [0, 0.05) is 6.42 Å². The summed E-state index contributed by atoms with van der Waals surface area (Å²) in [6.45, 7) is -0.665. The first-order chi connectivity index (χ1) is 14.5. The van der Waals surface area contributed by atoms with Gasteiger partial charge in [-0.05, 0) is 36.4 Å². The third-order valence-corrected chi connectivity index (χ3v) is 6.82. The van der Waals surface area contributed by atoms with E-state index in [0.29, 0.717) is 28.0 Å². The summed E-state index contributed by atoms with van der Waals surface area (Å²) < 4.78 is 37.0. The number of sulfonamides is 1. The number of carbonyl (C=O) groups excluding carboxylic acids is 2. The van der Waals surface area contributed by atoms with Gasteiger partial charge in [0.2, 0.25) is 0 Å². The lowest BCUT2D eigenvalue weighted by atomic mass is 10.1. The van der Waals surface area contributed by atoms with Crippen LogP contribution < -0.4 is 0 Å². The zero-order chi connectivity index (χ0) is 20.9. The second kappa shape index (κ2) is 6.70. The number of rotatable bonds is 4. The topological polar surface area (TPSA) is 113 Å². The van der Waals surface area contributed by atoms with Crippen LogP contribution >= 0.6 is 0 Å². The molecular weight excluding hydrogens is 410 g/mol. The maximum absolute atomic E-state index is 13.1. The fraction of sp³-hybridized carbons (Fsp3) is 0.150. The van der Waals surface area contributed by atoms with Crippen LogP contribution in [0, 0.1) is 0 Å². The molecule has 0 saturated carbocycles. The normalized spacial score (nSPS) is 19.8. The van der Waals surface area contributed by atoms with Gasteiger partial charge >= 0.3 is 0 Å². The average molecular weight is 425 g/mol. The Morgan fingerprint density at radius 1 is 1.07 bits per heavy atom. The molecule has 0 fully saturated rings. The van der Waals surface area contributed by atoms with E-state index < -0.39 is 34.4 Å². The number of fused-ring (bicyclic) bond motifs is 1. The van der Waals surface area contributed by atoms with Crippen molar-refractivity contribution in [3.05, 3.63) is 78.1 Å². The smallest absolute Gasteiger partial charge is 0.269 e. The van der Waals surface area contributed by atoms with Gasteiger partial charge in [-0.25, -0.2) is 17.7 Å². The molecule has 0 radical (unpaired) electrons. The first-order valence-corrected chi connectivity index (χ1v) is 10.5. The molecule has 0 N–H and O–H groups in total. The molecule has 2 amide bonds. The molecule has 2 aromatic heterocycles. The lowest BCUT2D eigenvalue weighted by molar-refractivity contribution is -0.133. The van der Waals surface area contributed by atoms with Gasteiger partial charge < -0.3 is 8.83 Å². The highest BCUT2D eigenvalue weighted by atomic mass is 32.2. The van der Waals surface area contributed by atoms with Crippen LogP contribution in [0.25, 0.3) is 0 Å². The molecule has 2 aliphatic rings. The maximum atomic E-state index is 13.1. The van der Waals surface area contributed by atoms with Crippen molar-refractivity contribution in [2.75, 3.05) is 6.54 Å². The van der Waals surface area contributed by atoms with E-state index >= 15 is 0 Å². The van der Waals surface area contributed by atoms with Crippen LogP contribution in [0.2, 0.25) is 0 Å². The Bertz CT molecular complexity index is 1260. The van der Waals surface area contributed by atoms with Gasteiger partial charge in [0.1, 0.15) is 34.7 Å². The van der Waals surface area contributed by atoms with Gasteiger partial charge in [-0.15, -0.1) is 0 Å². The quantitative estimate of drug-likeness (QED) is 0.634. The molecule has 0 saturated heterocycles. The molecule has 5 rings (SSSR count). The zero-order valence-electron chi connectivity index (χ0n) is 15.5. The van der Waals surface area contributed by atoms with E-state index in [1.807, 2.05) is 0 Å². The summed E-state index contributed by atoms with van der Waals surface area (Å²) >= 11 is 0. The number of hydrogen-bond acceptors (Lipinski definition) is 7. The van der Waals surface area contributed by atoms with Gasteiger partial charge in [-0.2, -0.15) is 5.10 Å². The molecule has 1 aromatic carbocycles. The third-order valence-electron chi connectivity index (χ3n) is 5.03. The number of hydrogen-bond donors (Lipinski definition) is 0. The van der Waals surface area contributed by atoms with Crippen LogP contribution in [0.15, 0.2) is 79.9 Å². The van der Waals surface area contributed by atoms with Crippen molar-refractivity contribution in [1.82, 2.24) is 9.31 Å². The summed E-state index contributed by atoms with van der Waals surface area (Å²) in [4.78, 5) is 25.6. The van der Waals surface area contributed by atoms with Crippen LogP contribution in [0.1, 0.15) is 34.3 Å². The van der Waals surface area contributed by atoms with Crippen molar-refractivity contribution in [2.24, 2.45) is 5.10 Å². The Balaban J connectivity index is 1.46. The Morgan fingerprint density at radius 2 is 1.83 bits per heavy atom. The second-order valence-corrected chi connectivity index (χ2v) is 8.64. The van der Waals surface area contributed by atoms with Crippen LogP contribution in [-0.2, 0) is 14.8 Å². The average Bonchev–Trinajstić information content (AvgIpc) is 3.52. The Labute approximate surface area is 171 Å². The largest absolute Gasteiger partial charge is 0.467 e. The number of nitrogens with zero attached hydrogens (tertiary/aromatic N) is 3. The van der Waals surface area contributed by atoms with Crippen LogP contribution in [-0.4, -0.2) is 41.8 Å². The van der Waals surface area contributed by atoms with E-state index in [2.05, 4.69) is 5.10 Å². The van der Waals surface area contributed by atoms with Crippen LogP contribution in [0.3, 0.4) is 0 Å². The van der Waals surface area contributed by atoms with Crippen molar-refractivity contribution in [3.63, 3.8) is 0 Å².